The van der Waals surface area contributed by atoms with E-state index in [2.05, 4.69) is 18.1 Å². The average molecular weight is 244 g/mol. The van der Waals surface area contributed by atoms with Gasteiger partial charge in [-0.25, -0.2) is 4.68 Å². The molecule has 1 aromatic heterocycles. The third kappa shape index (κ3) is 2.27. The molecule has 0 aliphatic rings. The van der Waals surface area contributed by atoms with Crippen LogP contribution in [0, 0.1) is 11.3 Å². The summed E-state index contributed by atoms with van der Waals surface area (Å²) in [5.41, 5.74) is 7.50. The number of hydrogen-bond acceptors (Lipinski definition) is 4. The van der Waals surface area contributed by atoms with Crippen LogP contribution in [0.3, 0.4) is 0 Å². The molecule has 1 aromatic carbocycles. The largest absolute Gasteiger partial charge is 0.383 e. The van der Waals surface area contributed by atoms with Crippen LogP contribution in [0.5, 0.6) is 0 Å². The fraction of sp³-hybridized carbons (Fsp3) is 0.167. The zero-order valence-corrected chi connectivity index (χ0v) is 10.2. The normalized spacial score (nSPS) is 10.1. The summed E-state index contributed by atoms with van der Waals surface area (Å²) in [5, 5.41) is 13.0. The highest BCUT2D eigenvalue weighted by atomic mass is 32.2. The minimum absolute atomic E-state index is 0.627. The van der Waals surface area contributed by atoms with E-state index in [1.165, 1.54) is 0 Å². The number of aromatic nitrogens is 2. The van der Waals surface area contributed by atoms with Crippen LogP contribution >= 0.6 is 11.8 Å². The van der Waals surface area contributed by atoms with E-state index in [1.807, 2.05) is 12.1 Å². The van der Waals surface area contributed by atoms with Gasteiger partial charge < -0.3 is 5.73 Å². The van der Waals surface area contributed by atoms with Gasteiger partial charge in [0.2, 0.25) is 0 Å². The van der Waals surface area contributed by atoms with Crippen molar-refractivity contribution in [3.05, 3.63) is 36.0 Å². The van der Waals surface area contributed by atoms with E-state index < -0.39 is 0 Å². The second-order valence-corrected chi connectivity index (χ2v) is 4.70. The zero-order valence-electron chi connectivity index (χ0n) is 9.42. The van der Waals surface area contributed by atoms with Crippen LogP contribution < -0.4 is 5.73 Å². The molecular weight excluding hydrogens is 232 g/mol. The summed E-state index contributed by atoms with van der Waals surface area (Å²) >= 11 is 1.66. The van der Waals surface area contributed by atoms with Crippen molar-refractivity contribution in [2.45, 2.75) is 11.8 Å². The highest BCUT2D eigenvalue weighted by Crippen LogP contribution is 2.26. The van der Waals surface area contributed by atoms with E-state index in [-0.39, 0.29) is 0 Å². The SMILES string of the molecule is CCSc1cnn(-c2ccc(C#N)cc2)c1N. The molecule has 4 nitrogen and oxygen atoms in total. The summed E-state index contributed by atoms with van der Waals surface area (Å²) in [6.07, 6.45) is 1.77. The molecule has 0 saturated heterocycles. The molecule has 0 bridgehead atoms. The molecule has 86 valence electrons. The topological polar surface area (TPSA) is 67.6 Å². The lowest BCUT2D eigenvalue weighted by atomic mass is 10.2. The number of nitrogens with zero attached hydrogens (tertiary/aromatic N) is 3. The van der Waals surface area contributed by atoms with Gasteiger partial charge in [-0.05, 0) is 30.0 Å². The number of rotatable bonds is 3. The van der Waals surface area contributed by atoms with Crippen LogP contribution in [0.1, 0.15) is 12.5 Å². The van der Waals surface area contributed by atoms with Gasteiger partial charge in [-0.2, -0.15) is 10.4 Å². The fourth-order valence-electron chi connectivity index (χ4n) is 1.49. The highest BCUT2D eigenvalue weighted by Gasteiger charge is 2.08. The molecule has 5 heteroatoms. The van der Waals surface area contributed by atoms with Gasteiger partial charge in [-0.15, -0.1) is 11.8 Å². The maximum atomic E-state index is 8.73. The van der Waals surface area contributed by atoms with Crippen LogP contribution in [0.15, 0.2) is 35.4 Å². The molecular formula is C12H12N4S. The molecule has 2 rings (SSSR count). The number of benzene rings is 1. The molecule has 0 atom stereocenters. The van der Waals surface area contributed by atoms with Crippen LogP contribution in [0.4, 0.5) is 5.82 Å². The van der Waals surface area contributed by atoms with Gasteiger partial charge in [-0.1, -0.05) is 6.92 Å². The van der Waals surface area contributed by atoms with Gasteiger partial charge in [0.25, 0.3) is 0 Å². The Morgan fingerprint density at radius 2 is 2.12 bits per heavy atom. The van der Waals surface area contributed by atoms with Crippen LogP contribution in [-0.2, 0) is 0 Å². The first-order chi connectivity index (χ1) is 8.26. The molecule has 0 aliphatic carbocycles. The lowest BCUT2D eigenvalue weighted by Crippen LogP contribution is -2.02. The van der Waals surface area contributed by atoms with Crippen LogP contribution in [0.2, 0.25) is 0 Å². The van der Waals surface area contributed by atoms with Crippen LogP contribution in [0.25, 0.3) is 5.69 Å². The van der Waals surface area contributed by atoms with Crippen molar-refractivity contribution in [1.29, 1.82) is 5.26 Å². The Morgan fingerprint density at radius 1 is 1.41 bits per heavy atom. The molecule has 2 N–H and O–H groups in total. The maximum Gasteiger partial charge on any atom is 0.140 e. The summed E-state index contributed by atoms with van der Waals surface area (Å²) in [4.78, 5) is 0.983. The second kappa shape index (κ2) is 4.93. The summed E-state index contributed by atoms with van der Waals surface area (Å²) in [5.74, 6) is 1.60. The molecule has 1 heterocycles. The second-order valence-electron chi connectivity index (χ2n) is 3.40. The Kier molecular flexibility index (Phi) is 3.35. The number of nitriles is 1. The minimum Gasteiger partial charge on any atom is -0.383 e. The summed E-state index contributed by atoms with van der Waals surface area (Å²) in [7, 11) is 0. The van der Waals surface area contributed by atoms with Crippen LogP contribution in [-0.4, -0.2) is 15.5 Å². The molecule has 17 heavy (non-hydrogen) atoms. The van der Waals surface area contributed by atoms with Crippen molar-refractivity contribution in [1.82, 2.24) is 9.78 Å². The smallest absolute Gasteiger partial charge is 0.140 e. The van der Waals surface area contributed by atoms with E-state index >= 15 is 0 Å². The van der Waals surface area contributed by atoms with E-state index in [0.29, 0.717) is 11.4 Å². The van der Waals surface area contributed by atoms with Gasteiger partial charge >= 0.3 is 0 Å². The third-order valence-electron chi connectivity index (χ3n) is 2.31. The standard InChI is InChI=1S/C12H12N4S/c1-2-17-11-8-15-16(12(11)14)10-5-3-9(7-13)4-6-10/h3-6,8H,2,14H2,1H3. The Hall–Kier alpha value is -1.93. The van der Waals surface area contributed by atoms with E-state index in [4.69, 9.17) is 11.0 Å². The predicted octanol–water partition coefficient (Wildman–Crippen LogP) is 2.44. The molecule has 0 aliphatic heterocycles. The van der Waals surface area contributed by atoms with Crippen molar-refractivity contribution < 1.29 is 0 Å². The van der Waals surface area contributed by atoms with Gasteiger partial charge in [0, 0.05) is 0 Å². The third-order valence-corrected chi connectivity index (χ3v) is 3.23. The van der Waals surface area contributed by atoms with Crippen molar-refractivity contribution in [3.8, 4) is 11.8 Å². The number of anilines is 1. The molecule has 0 amide bonds. The minimum atomic E-state index is 0.627. The number of nitrogen functional groups attached to an aromatic ring is 1. The molecule has 0 spiro atoms. The van der Waals surface area contributed by atoms with Gasteiger partial charge in [0.15, 0.2) is 0 Å². The number of thioether (sulfide) groups is 1. The molecule has 2 aromatic rings. The zero-order chi connectivity index (χ0) is 12.3. The Labute approximate surface area is 104 Å². The Balaban J connectivity index is 2.36. The number of hydrogen-bond donors (Lipinski definition) is 1. The van der Waals surface area contributed by atoms with Crippen molar-refractivity contribution in [2.24, 2.45) is 0 Å². The first kappa shape index (κ1) is 11.6. The van der Waals surface area contributed by atoms with Gasteiger partial charge in [0.1, 0.15) is 5.82 Å². The summed E-state index contributed by atoms with van der Waals surface area (Å²) < 4.78 is 1.68. The molecule has 0 radical (unpaired) electrons. The molecule has 0 unspecified atom stereocenters. The van der Waals surface area contributed by atoms with Crippen molar-refractivity contribution in [3.63, 3.8) is 0 Å². The van der Waals surface area contributed by atoms with Gasteiger partial charge in [-0.3, -0.25) is 0 Å². The van der Waals surface area contributed by atoms with E-state index in [0.717, 1.165) is 16.3 Å². The summed E-state index contributed by atoms with van der Waals surface area (Å²) in [6.45, 7) is 2.07. The first-order valence-electron chi connectivity index (χ1n) is 5.23. The van der Waals surface area contributed by atoms with Crippen molar-refractivity contribution >= 4 is 17.6 Å². The molecule has 0 fully saturated rings. The van der Waals surface area contributed by atoms with Crippen molar-refractivity contribution in [2.75, 3.05) is 11.5 Å². The maximum absolute atomic E-state index is 8.73. The lowest BCUT2D eigenvalue weighted by Gasteiger charge is -2.04. The number of nitrogens with two attached hydrogens (primary N) is 1. The Bertz CT molecular complexity index is 551. The quantitative estimate of drug-likeness (QED) is 0.842. The monoisotopic (exact) mass is 244 g/mol. The fourth-order valence-corrected chi connectivity index (χ4v) is 2.16. The Morgan fingerprint density at radius 3 is 2.71 bits per heavy atom. The molecule has 0 saturated carbocycles. The summed E-state index contributed by atoms with van der Waals surface area (Å²) in [6, 6.07) is 9.26. The predicted molar refractivity (Wildman–Crippen MR) is 69.1 cm³/mol. The first-order valence-corrected chi connectivity index (χ1v) is 6.21. The van der Waals surface area contributed by atoms with Gasteiger partial charge in [0.05, 0.1) is 28.4 Å². The van der Waals surface area contributed by atoms with E-state index in [9.17, 15) is 0 Å². The lowest BCUT2D eigenvalue weighted by molar-refractivity contribution is 0.891. The average Bonchev–Trinajstić information content (AvgIpc) is 2.72. The van der Waals surface area contributed by atoms with E-state index in [1.54, 1.807) is 34.8 Å². The highest BCUT2D eigenvalue weighted by molar-refractivity contribution is 7.99.